The Morgan fingerprint density at radius 3 is 2.42 bits per heavy atom. The van der Waals surface area contributed by atoms with E-state index >= 15 is 0 Å². The minimum absolute atomic E-state index is 0.229. The van der Waals surface area contributed by atoms with Gasteiger partial charge in [0.15, 0.2) is 0 Å². The number of benzene rings is 1. The Labute approximate surface area is 122 Å². The maximum atomic E-state index is 6.01. The number of hydrogen-bond donors (Lipinski definition) is 1. The van der Waals surface area contributed by atoms with Gasteiger partial charge in [-0.1, -0.05) is 36.6 Å². The molecule has 0 aliphatic rings. The van der Waals surface area contributed by atoms with Crippen molar-refractivity contribution in [1.82, 2.24) is 5.32 Å². The highest BCUT2D eigenvalue weighted by Crippen LogP contribution is 2.23. The summed E-state index contributed by atoms with van der Waals surface area (Å²) in [4.78, 5) is 0. The zero-order valence-corrected chi connectivity index (χ0v) is 13.1. The van der Waals surface area contributed by atoms with Gasteiger partial charge < -0.3 is 10.1 Å². The van der Waals surface area contributed by atoms with E-state index < -0.39 is 0 Å². The Morgan fingerprint density at radius 1 is 1.05 bits per heavy atom. The van der Waals surface area contributed by atoms with E-state index in [4.69, 9.17) is 16.3 Å². The van der Waals surface area contributed by atoms with Crippen molar-refractivity contribution in [3.05, 3.63) is 29.3 Å². The predicted molar refractivity (Wildman–Crippen MR) is 83.2 cm³/mol. The summed E-state index contributed by atoms with van der Waals surface area (Å²) in [6.07, 6.45) is 4.76. The van der Waals surface area contributed by atoms with Gasteiger partial charge in [-0.25, -0.2) is 0 Å². The summed E-state index contributed by atoms with van der Waals surface area (Å²) >= 11 is 6.01. The summed E-state index contributed by atoms with van der Waals surface area (Å²) in [6.45, 7) is 8.44. The van der Waals surface area contributed by atoms with Gasteiger partial charge in [-0.05, 0) is 52.3 Å². The molecule has 1 aromatic rings. The second-order valence-corrected chi connectivity index (χ2v) is 6.28. The van der Waals surface area contributed by atoms with Gasteiger partial charge in [0.1, 0.15) is 5.75 Å². The van der Waals surface area contributed by atoms with Crippen molar-refractivity contribution in [3.63, 3.8) is 0 Å². The van der Waals surface area contributed by atoms with Gasteiger partial charge in [0.25, 0.3) is 0 Å². The minimum atomic E-state index is 0.229. The zero-order chi connectivity index (χ0) is 14.1. The van der Waals surface area contributed by atoms with Crippen molar-refractivity contribution in [2.45, 2.75) is 52.0 Å². The number of halogens is 1. The SMILES string of the molecule is CC(C)(C)NCCCCCCOc1ccccc1Cl. The van der Waals surface area contributed by atoms with Crippen molar-refractivity contribution in [2.24, 2.45) is 0 Å². The Kier molecular flexibility index (Phi) is 7.25. The lowest BCUT2D eigenvalue weighted by Gasteiger charge is -2.20. The second-order valence-electron chi connectivity index (χ2n) is 5.87. The summed E-state index contributed by atoms with van der Waals surface area (Å²) in [5.74, 6) is 0.790. The van der Waals surface area contributed by atoms with E-state index in [0.717, 1.165) is 25.3 Å². The van der Waals surface area contributed by atoms with Crippen LogP contribution in [-0.2, 0) is 0 Å². The highest BCUT2D eigenvalue weighted by Gasteiger charge is 2.06. The third kappa shape index (κ3) is 8.12. The molecule has 0 saturated carbocycles. The number of rotatable bonds is 8. The predicted octanol–water partition coefficient (Wildman–Crippen LogP) is 4.67. The van der Waals surface area contributed by atoms with Gasteiger partial charge in [0.05, 0.1) is 11.6 Å². The van der Waals surface area contributed by atoms with Gasteiger partial charge in [-0.3, -0.25) is 0 Å². The molecule has 19 heavy (non-hydrogen) atoms. The van der Waals surface area contributed by atoms with Gasteiger partial charge in [0, 0.05) is 5.54 Å². The lowest BCUT2D eigenvalue weighted by Crippen LogP contribution is -2.36. The summed E-state index contributed by atoms with van der Waals surface area (Å²) in [5.41, 5.74) is 0.229. The zero-order valence-electron chi connectivity index (χ0n) is 12.3. The van der Waals surface area contributed by atoms with E-state index in [1.165, 1.54) is 19.3 Å². The highest BCUT2D eigenvalue weighted by atomic mass is 35.5. The monoisotopic (exact) mass is 283 g/mol. The van der Waals surface area contributed by atoms with Gasteiger partial charge >= 0.3 is 0 Å². The van der Waals surface area contributed by atoms with E-state index in [1.54, 1.807) is 0 Å². The summed E-state index contributed by atoms with van der Waals surface area (Å²) in [5, 5.41) is 4.19. The molecule has 1 rings (SSSR count). The largest absolute Gasteiger partial charge is 0.492 e. The van der Waals surface area contributed by atoms with E-state index in [9.17, 15) is 0 Å². The normalized spacial score (nSPS) is 11.6. The quantitative estimate of drug-likeness (QED) is 0.700. The van der Waals surface area contributed by atoms with E-state index in [2.05, 4.69) is 26.1 Å². The molecule has 0 amide bonds. The van der Waals surface area contributed by atoms with E-state index in [-0.39, 0.29) is 5.54 Å². The molecule has 2 nitrogen and oxygen atoms in total. The maximum absolute atomic E-state index is 6.01. The second kappa shape index (κ2) is 8.44. The van der Waals surface area contributed by atoms with Crippen LogP contribution in [-0.4, -0.2) is 18.7 Å². The fourth-order valence-electron chi connectivity index (χ4n) is 1.79. The van der Waals surface area contributed by atoms with Crippen LogP contribution in [0.2, 0.25) is 5.02 Å². The first-order chi connectivity index (χ1) is 8.99. The molecule has 108 valence electrons. The van der Waals surface area contributed by atoms with Crippen LogP contribution >= 0.6 is 11.6 Å². The maximum Gasteiger partial charge on any atom is 0.137 e. The number of hydrogen-bond acceptors (Lipinski definition) is 2. The topological polar surface area (TPSA) is 21.3 Å². The number of ether oxygens (including phenoxy) is 1. The van der Waals surface area contributed by atoms with E-state index in [0.29, 0.717) is 5.02 Å². The number of unbranched alkanes of at least 4 members (excludes halogenated alkanes) is 3. The molecule has 0 spiro atoms. The van der Waals surface area contributed by atoms with Gasteiger partial charge in [-0.15, -0.1) is 0 Å². The van der Waals surface area contributed by atoms with Crippen LogP contribution in [0, 0.1) is 0 Å². The lowest BCUT2D eigenvalue weighted by atomic mass is 10.1. The molecule has 1 aromatic carbocycles. The van der Waals surface area contributed by atoms with Gasteiger partial charge in [0.2, 0.25) is 0 Å². The molecule has 0 fully saturated rings. The summed E-state index contributed by atoms with van der Waals surface area (Å²) in [7, 11) is 0. The molecular weight excluding hydrogens is 258 g/mol. The van der Waals surface area contributed by atoms with Crippen LogP contribution in [0.15, 0.2) is 24.3 Å². The number of nitrogens with one attached hydrogen (secondary N) is 1. The van der Waals surface area contributed by atoms with Crippen molar-refractivity contribution in [2.75, 3.05) is 13.2 Å². The minimum Gasteiger partial charge on any atom is -0.492 e. The Bertz CT molecular complexity index is 360. The van der Waals surface area contributed by atoms with Crippen LogP contribution < -0.4 is 10.1 Å². The standard InChI is InChI=1S/C16H26ClNO/c1-16(2,3)18-12-8-4-5-9-13-19-15-11-7-6-10-14(15)17/h6-7,10-11,18H,4-5,8-9,12-13H2,1-3H3. The van der Waals surface area contributed by atoms with Crippen molar-refractivity contribution in [1.29, 1.82) is 0 Å². The first kappa shape index (κ1) is 16.3. The average Bonchev–Trinajstić information content (AvgIpc) is 2.33. The first-order valence-electron chi connectivity index (χ1n) is 7.11. The molecular formula is C16H26ClNO. The summed E-state index contributed by atoms with van der Waals surface area (Å²) in [6, 6.07) is 7.63. The van der Waals surface area contributed by atoms with Crippen LogP contribution in [0.1, 0.15) is 46.5 Å². The molecule has 0 aromatic heterocycles. The van der Waals surface area contributed by atoms with Crippen LogP contribution in [0.3, 0.4) is 0 Å². The lowest BCUT2D eigenvalue weighted by molar-refractivity contribution is 0.304. The first-order valence-corrected chi connectivity index (χ1v) is 7.49. The molecule has 0 atom stereocenters. The molecule has 0 heterocycles. The smallest absolute Gasteiger partial charge is 0.137 e. The Balaban J connectivity index is 1.99. The molecule has 0 aliphatic carbocycles. The molecule has 0 unspecified atom stereocenters. The number of para-hydroxylation sites is 1. The molecule has 3 heteroatoms. The third-order valence-electron chi connectivity index (χ3n) is 2.82. The fourth-order valence-corrected chi connectivity index (χ4v) is 1.98. The summed E-state index contributed by atoms with van der Waals surface area (Å²) < 4.78 is 5.65. The highest BCUT2D eigenvalue weighted by molar-refractivity contribution is 6.32. The van der Waals surface area contributed by atoms with E-state index in [1.807, 2.05) is 24.3 Å². The fraction of sp³-hybridized carbons (Fsp3) is 0.625. The van der Waals surface area contributed by atoms with Crippen molar-refractivity contribution < 1.29 is 4.74 Å². The van der Waals surface area contributed by atoms with Crippen LogP contribution in [0.5, 0.6) is 5.75 Å². The molecule has 0 bridgehead atoms. The van der Waals surface area contributed by atoms with Crippen molar-refractivity contribution in [3.8, 4) is 5.75 Å². The van der Waals surface area contributed by atoms with Crippen LogP contribution in [0.25, 0.3) is 0 Å². The molecule has 0 radical (unpaired) electrons. The molecule has 1 N–H and O–H groups in total. The Morgan fingerprint density at radius 2 is 1.74 bits per heavy atom. The molecule has 0 aliphatic heterocycles. The molecule has 0 saturated heterocycles. The Hall–Kier alpha value is -0.730. The third-order valence-corrected chi connectivity index (χ3v) is 3.13. The average molecular weight is 284 g/mol. The van der Waals surface area contributed by atoms with Crippen molar-refractivity contribution >= 4 is 11.6 Å². The van der Waals surface area contributed by atoms with Gasteiger partial charge in [-0.2, -0.15) is 0 Å². The van der Waals surface area contributed by atoms with Crippen LogP contribution in [0.4, 0.5) is 0 Å².